The number of ketones is 1. The van der Waals surface area contributed by atoms with E-state index >= 15 is 0 Å². The molecule has 0 bridgehead atoms. The molecule has 0 spiro atoms. The van der Waals surface area contributed by atoms with E-state index in [1.165, 1.54) is 12.7 Å². The summed E-state index contributed by atoms with van der Waals surface area (Å²) in [6, 6.07) is 0. The minimum Gasteiger partial charge on any atom is -0.469 e. The summed E-state index contributed by atoms with van der Waals surface area (Å²) in [5, 5.41) is 0. The first kappa shape index (κ1) is 27.4. The molecule has 0 aromatic carbocycles. The van der Waals surface area contributed by atoms with Gasteiger partial charge in [-0.3, -0.25) is 9.59 Å². The minimum atomic E-state index is -0.177. The molecule has 1 heterocycles. The fourth-order valence-corrected chi connectivity index (χ4v) is 5.38. The van der Waals surface area contributed by atoms with Crippen LogP contribution in [0.3, 0.4) is 0 Å². The van der Waals surface area contributed by atoms with Gasteiger partial charge in [-0.15, -0.1) is 11.8 Å². The van der Waals surface area contributed by atoms with Gasteiger partial charge in [-0.1, -0.05) is 43.7 Å². The van der Waals surface area contributed by atoms with Gasteiger partial charge in [-0.2, -0.15) is 0 Å². The van der Waals surface area contributed by atoms with Crippen LogP contribution in [0.4, 0.5) is 0 Å². The molecule has 0 aromatic rings. The third-order valence-corrected chi connectivity index (χ3v) is 7.39. The molecule has 1 saturated carbocycles. The number of rotatable bonds is 10. The van der Waals surface area contributed by atoms with Crippen molar-refractivity contribution < 1.29 is 23.8 Å². The molecule has 192 valence electrons. The Kier molecular flexibility index (Phi) is 11.3. The van der Waals surface area contributed by atoms with Gasteiger partial charge in [0.15, 0.2) is 12.1 Å². The molecule has 5 heteroatoms. The van der Waals surface area contributed by atoms with E-state index in [1.54, 1.807) is 6.08 Å². The third-order valence-electron chi connectivity index (χ3n) is 7.39. The van der Waals surface area contributed by atoms with E-state index in [4.69, 9.17) is 14.2 Å². The molecule has 0 radical (unpaired) electrons. The van der Waals surface area contributed by atoms with Crippen molar-refractivity contribution in [2.24, 2.45) is 23.7 Å². The number of ether oxygens (including phenoxy) is 3. The molecule has 3 rings (SSSR count). The zero-order valence-electron chi connectivity index (χ0n) is 21.7. The molecule has 1 aliphatic heterocycles. The second kappa shape index (κ2) is 14.4. The molecule has 0 aromatic heterocycles. The van der Waals surface area contributed by atoms with Gasteiger partial charge in [-0.05, 0) is 62.9 Å². The smallest absolute Gasteiger partial charge is 0.305 e. The first-order valence-corrected chi connectivity index (χ1v) is 13.4. The highest BCUT2D eigenvalue weighted by molar-refractivity contribution is 5.91. The first-order valence-electron chi connectivity index (χ1n) is 13.4. The van der Waals surface area contributed by atoms with E-state index in [-0.39, 0.29) is 36.0 Å². The van der Waals surface area contributed by atoms with E-state index in [0.29, 0.717) is 31.1 Å². The van der Waals surface area contributed by atoms with Crippen LogP contribution in [0.5, 0.6) is 0 Å². The maximum absolute atomic E-state index is 12.7. The molecule has 2 unspecified atom stereocenters. The van der Waals surface area contributed by atoms with Crippen molar-refractivity contribution in [1.29, 1.82) is 0 Å². The lowest BCUT2D eigenvalue weighted by molar-refractivity contribution is -0.192. The van der Waals surface area contributed by atoms with Gasteiger partial charge >= 0.3 is 5.97 Å². The number of hydrogen-bond acceptors (Lipinski definition) is 5. The number of allylic oxidation sites excluding steroid dienone is 5. The van der Waals surface area contributed by atoms with E-state index in [2.05, 4.69) is 36.1 Å². The number of methoxy groups -OCH3 is 1. The summed E-state index contributed by atoms with van der Waals surface area (Å²) in [5.41, 5.74) is 1.33. The topological polar surface area (TPSA) is 61.8 Å². The van der Waals surface area contributed by atoms with E-state index in [0.717, 1.165) is 51.6 Å². The van der Waals surface area contributed by atoms with Crippen molar-refractivity contribution in [3.8, 4) is 11.8 Å². The molecule has 5 nitrogen and oxygen atoms in total. The molecule has 6 atom stereocenters. The largest absolute Gasteiger partial charge is 0.469 e. The molecule has 1 saturated heterocycles. The number of hydrogen-bond donors (Lipinski definition) is 0. The Hall–Kier alpha value is -2.16. The van der Waals surface area contributed by atoms with Crippen molar-refractivity contribution in [2.75, 3.05) is 13.7 Å². The van der Waals surface area contributed by atoms with E-state index < -0.39 is 0 Å². The monoisotopic (exact) mass is 482 g/mol. The predicted molar refractivity (Wildman–Crippen MR) is 137 cm³/mol. The van der Waals surface area contributed by atoms with Crippen LogP contribution >= 0.6 is 0 Å². The second-order valence-corrected chi connectivity index (χ2v) is 9.98. The van der Waals surface area contributed by atoms with E-state index in [9.17, 15) is 9.59 Å². The summed E-state index contributed by atoms with van der Waals surface area (Å²) in [6.45, 7) is 4.74. The molecule has 0 N–H and O–H groups in total. The number of carbonyl (C=O) groups is 2. The highest BCUT2D eigenvalue weighted by atomic mass is 16.7. The zero-order valence-corrected chi connectivity index (χ0v) is 21.7. The average Bonchev–Trinajstić information content (AvgIpc) is 3.21. The predicted octanol–water partition coefficient (Wildman–Crippen LogP) is 5.95. The van der Waals surface area contributed by atoms with Gasteiger partial charge in [0.2, 0.25) is 0 Å². The lowest BCUT2D eigenvalue weighted by atomic mass is 9.78. The Morgan fingerprint density at radius 2 is 2.11 bits per heavy atom. The fraction of sp³-hybridized carbons (Fsp3) is 0.667. The van der Waals surface area contributed by atoms with Crippen LogP contribution in [-0.2, 0) is 23.8 Å². The second-order valence-electron chi connectivity index (χ2n) is 9.98. The standard InChI is InChI=1S/C30H42O5/c1-4-5-6-11-22(2)27(31)18-17-26-25-16-15-23(12-7-8-13-29(32)33-3)20-24(25)21-28(26)35-30-14-9-10-19-34-30/h7,12,17-18,20,22,24-26,28,30H,4,8-11,13-16,19,21H2,1-3H3/t22?,24-,25+,26+,28-,30?/m1/s1. The number of esters is 1. The van der Waals surface area contributed by atoms with Crippen molar-refractivity contribution in [2.45, 2.75) is 90.4 Å². The summed E-state index contributed by atoms with van der Waals surface area (Å²) in [5.74, 6) is 7.15. The highest BCUT2D eigenvalue weighted by Gasteiger charge is 2.44. The Balaban J connectivity index is 1.67. The molecule has 0 amide bonds. The van der Waals surface area contributed by atoms with Crippen molar-refractivity contribution in [3.63, 3.8) is 0 Å². The fourth-order valence-electron chi connectivity index (χ4n) is 5.38. The van der Waals surface area contributed by atoms with Crippen LogP contribution < -0.4 is 0 Å². The Labute approximate surface area is 211 Å². The van der Waals surface area contributed by atoms with Gasteiger partial charge in [-0.25, -0.2) is 0 Å². The zero-order chi connectivity index (χ0) is 25.0. The average molecular weight is 483 g/mol. The Morgan fingerprint density at radius 1 is 1.26 bits per heavy atom. The lowest BCUT2D eigenvalue weighted by Crippen LogP contribution is -2.31. The molecular formula is C30H42O5. The van der Waals surface area contributed by atoms with Gasteiger partial charge in [0.25, 0.3) is 0 Å². The van der Waals surface area contributed by atoms with Crippen LogP contribution in [0.2, 0.25) is 0 Å². The van der Waals surface area contributed by atoms with Crippen molar-refractivity contribution in [3.05, 3.63) is 36.0 Å². The van der Waals surface area contributed by atoms with Gasteiger partial charge < -0.3 is 14.2 Å². The minimum absolute atomic E-state index is 0.0613. The van der Waals surface area contributed by atoms with Crippen LogP contribution in [0.25, 0.3) is 0 Å². The Bertz CT molecular complexity index is 852. The summed E-state index contributed by atoms with van der Waals surface area (Å²) in [6.07, 6.45) is 19.2. The van der Waals surface area contributed by atoms with Crippen LogP contribution in [0.15, 0.2) is 36.0 Å². The first-order chi connectivity index (χ1) is 17.0. The summed E-state index contributed by atoms with van der Waals surface area (Å²) in [4.78, 5) is 24.1. The van der Waals surface area contributed by atoms with Gasteiger partial charge in [0, 0.05) is 37.7 Å². The maximum atomic E-state index is 12.7. The van der Waals surface area contributed by atoms with Gasteiger partial charge in [0.05, 0.1) is 13.2 Å². The molecule has 35 heavy (non-hydrogen) atoms. The van der Waals surface area contributed by atoms with Crippen molar-refractivity contribution >= 4 is 11.8 Å². The van der Waals surface area contributed by atoms with Crippen LogP contribution in [0.1, 0.15) is 78.1 Å². The Morgan fingerprint density at radius 3 is 2.86 bits per heavy atom. The lowest BCUT2D eigenvalue weighted by Gasteiger charge is -2.30. The highest BCUT2D eigenvalue weighted by Crippen LogP contribution is 2.47. The van der Waals surface area contributed by atoms with Crippen molar-refractivity contribution in [1.82, 2.24) is 0 Å². The number of carbonyl (C=O) groups excluding carboxylic acids is 2. The molecule has 2 fully saturated rings. The summed E-state index contributed by atoms with van der Waals surface area (Å²) in [7, 11) is 1.42. The van der Waals surface area contributed by atoms with Gasteiger partial charge in [0.1, 0.15) is 0 Å². The third kappa shape index (κ3) is 8.47. The molecular weight excluding hydrogens is 440 g/mol. The molecule has 2 aliphatic carbocycles. The van der Waals surface area contributed by atoms with Crippen LogP contribution in [0, 0.1) is 35.5 Å². The quantitative estimate of drug-likeness (QED) is 0.219. The van der Waals surface area contributed by atoms with Crippen LogP contribution in [-0.4, -0.2) is 37.9 Å². The summed E-state index contributed by atoms with van der Waals surface area (Å²) < 4.78 is 17.1. The SMILES string of the molecule is CCC#CCC(C)C(=O)C=C[C@H]1[C@H]2CCC(C=CCCC(=O)OC)=C[C@@H]2C[C@H]1OC1CCCCO1. The van der Waals surface area contributed by atoms with E-state index in [1.807, 2.05) is 13.8 Å². The number of fused-ring (bicyclic) bond motifs is 1. The summed E-state index contributed by atoms with van der Waals surface area (Å²) >= 11 is 0. The normalized spacial score (nSPS) is 29.3. The molecule has 3 aliphatic rings. The maximum Gasteiger partial charge on any atom is 0.305 e.